The quantitative estimate of drug-likeness (QED) is 0.495. The first-order chi connectivity index (χ1) is 10.4. The Kier molecular flexibility index (Phi) is 6.48. The molecule has 0 fully saturated rings. The summed E-state index contributed by atoms with van der Waals surface area (Å²) < 4.78 is 2.94. The molecule has 0 spiro atoms. The Morgan fingerprint density at radius 3 is 1.61 bits per heavy atom. The number of benzene rings is 2. The van der Waals surface area contributed by atoms with Crippen molar-refractivity contribution in [1.82, 2.24) is 0 Å². The van der Waals surface area contributed by atoms with Crippen LogP contribution in [0.25, 0.3) is 12.2 Å². The van der Waals surface area contributed by atoms with Gasteiger partial charge in [-0.15, -0.1) is 0 Å². The predicted molar refractivity (Wildman–Crippen MR) is 86.9 cm³/mol. The molecule has 23 heavy (non-hydrogen) atoms. The van der Waals surface area contributed by atoms with Crippen molar-refractivity contribution in [3.8, 4) is 0 Å². The molecule has 2 aromatic rings. The summed E-state index contributed by atoms with van der Waals surface area (Å²) in [5.41, 5.74) is 6.10. The summed E-state index contributed by atoms with van der Waals surface area (Å²) in [7, 11) is 0. The van der Waals surface area contributed by atoms with Crippen LogP contribution in [0.4, 0.5) is 0 Å². The first-order valence-corrected chi connectivity index (χ1v) is 14.5. The van der Waals surface area contributed by atoms with E-state index in [1.807, 2.05) is 0 Å². The molecular formula is C20H19Cl2Hf. The fourth-order valence-corrected chi connectivity index (χ4v) is 15.6. The van der Waals surface area contributed by atoms with Crippen molar-refractivity contribution in [2.75, 3.05) is 0 Å². The van der Waals surface area contributed by atoms with Crippen LogP contribution < -0.4 is 24.8 Å². The van der Waals surface area contributed by atoms with E-state index in [0.717, 1.165) is 7.35 Å². The maximum absolute atomic E-state index is 2.50. The monoisotopic (exact) mass is 509 g/mol. The van der Waals surface area contributed by atoms with Gasteiger partial charge >= 0.3 is 135 Å². The van der Waals surface area contributed by atoms with E-state index in [4.69, 9.17) is 0 Å². The molecule has 4 rings (SSSR count). The molecular weight excluding hydrogens is 490 g/mol. The zero-order chi connectivity index (χ0) is 14.2. The summed E-state index contributed by atoms with van der Waals surface area (Å²) >= 11 is -1.82. The second kappa shape index (κ2) is 7.96. The maximum atomic E-state index is 2.50. The van der Waals surface area contributed by atoms with Crippen LogP contribution in [-0.4, -0.2) is 0 Å². The minimum absolute atomic E-state index is 0. The standard InChI is InChI=1S/2C9H7.C2H5.2ClH.Hf/c2*1-2-5-9-7-3-6-8(9)4-1;1-2;;;/h2*1-7H;1H2,2H3;2*1H;/q;;;;;+2/p-2. The molecule has 2 unspecified atom stereocenters. The summed E-state index contributed by atoms with van der Waals surface area (Å²) in [6.45, 7) is 2.42. The second-order valence-electron chi connectivity index (χ2n) is 5.86. The van der Waals surface area contributed by atoms with Crippen LogP contribution in [0.3, 0.4) is 0 Å². The van der Waals surface area contributed by atoms with E-state index in [-0.39, 0.29) is 24.8 Å². The average molecular weight is 509 g/mol. The van der Waals surface area contributed by atoms with E-state index >= 15 is 0 Å². The number of hydrogen-bond acceptors (Lipinski definition) is 0. The molecule has 0 amide bonds. The van der Waals surface area contributed by atoms with Crippen molar-refractivity contribution >= 4 is 12.2 Å². The average Bonchev–Trinajstić information content (AvgIpc) is 3.14. The van der Waals surface area contributed by atoms with E-state index in [9.17, 15) is 0 Å². The molecule has 0 bridgehead atoms. The minimum atomic E-state index is -1.82. The van der Waals surface area contributed by atoms with Crippen molar-refractivity contribution in [2.45, 2.75) is 18.5 Å². The third kappa shape index (κ3) is 3.29. The van der Waals surface area contributed by atoms with E-state index in [1.165, 1.54) is 15.3 Å². The fourth-order valence-electron chi connectivity index (χ4n) is 3.78. The van der Waals surface area contributed by atoms with Gasteiger partial charge in [0.2, 0.25) is 0 Å². The van der Waals surface area contributed by atoms with E-state index in [1.54, 1.807) is 11.1 Å². The largest absolute Gasteiger partial charge is 1.00 e. The van der Waals surface area contributed by atoms with Gasteiger partial charge in [0, 0.05) is 0 Å². The SMILES string of the molecule is C[CH2][Hf+2]([CH]1C=Cc2ccccc21)[CH]1C=Cc2ccccc21.[Cl-].[Cl-]. The van der Waals surface area contributed by atoms with Gasteiger partial charge in [-0.1, -0.05) is 0 Å². The van der Waals surface area contributed by atoms with E-state index in [2.05, 4.69) is 79.8 Å². The van der Waals surface area contributed by atoms with Gasteiger partial charge in [0.05, 0.1) is 0 Å². The number of rotatable bonds is 3. The van der Waals surface area contributed by atoms with Gasteiger partial charge < -0.3 is 24.8 Å². The number of halogens is 2. The molecule has 2 aromatic carbocycles. The molecule has 0 heterocycles. The Morgan fingerprint density at radius 2 is 1.17 bits per heavy atom. The summed E-state index contributed by atoms with van der Waals surface area (Å²) in [6, 6.07) is 18.0. The fraction of sp³-hybridized carbons (Fsp3) is 0.200. The molecule has 0 nitrogen and oxygen atoms in total. The van der Waals surface area contributed by atoms with Crippen LogP contribution in [0.2, 0.25) is 4.18 Å². The summed E-state index contributed by atoms with van der Waals surface area (Å²) in [5.74, 6) is 0. The third-order valence-electron chi connectivity index (χ3n) is 4.81. The van der Waals surface area contributed by atoms with Gasteiger partial charge in [-0.25, -0.2) is 0 Å². The molecule has 2 aliphatic carbocycles. The van der Waals surface area contributed by atoms with E-state index in [0.29, 0.717) is 0 Å². The van der Waals surface area contributed by atoms with Crippen molar-refractivity contribution in [2.24, 2.45) is 0 Å². The van der Waals surface area contributed by atoms with Gasteiger partial charge in [-0.3, -0.25) is 0 Å². The topological polar surface area (TPSA) is 0 Å². The molecule has 0 saturated carbocycles. The van der Waals surface area contributed by atoms with Gasteiger partial charge in [-0.2, -0.15) is 0 Å². The van der Waals surface area contributed by atoms with Gasteiger partial charge in [0.1, 0.15) is 0 Å². The molecule has 0 aromatic heterocycles. The van der Waals surface area contributed by atoms with Crippen LogP contribution >= 0.6 is 0 Å². The smallest absolute Gasteiger partial charge is 1.00 e. The summed E-state index contributed by atoms with van der Waals surface area (Å²) in [5, 5.41) is 0. The molecule has 117 valence electrons. The second-order valence-corrected chi connectivity index (χ2v) is 17.0. The van der Waals surface area contributed by atoms with Crippen LogP contribution in [0, 0.1) is 0 Å². The van der Waals surface area contributed by atoms with Crippen LogP contribution in [0.1, 0.15) is 36.5 Å². The summed E-state index contributed by atoms with van der Waals surface area (Å²) in [6.07, 6.45) is 9.71. The zero-order valence-electron chi connectivity index (χ0n) is 13.0. The first-order valence-electron chi connectivity index (χ1n) is 7.78. The number of fused-ring (bicyclic) bond motifs is 2. The Hall–Kier alpha value is -0.630. The molecule has 3 heteroatoms. The normalized spacial score (nSPS) is 19.5. The number of hydrogen-bond donors (Lipinski definition) is 0. The van der Waals surface area contributed by atoms with Crippen molar-refractivity contribution in [3.05, 3.63) is 82.9 Å². The van der Waals surface area contributed by atoms with Crippen LogP contribution in [-0.2, 0) is 21.4 Å². The molecule has 0 saturated heterocycles. The number of allylic oxidation sites excluding steroid dienone is 2. The van der Waals surface area contributed by atoms with Gasteiger partial charge in [0.25, 0.3) is 0 Å². The zero-order valence-corrected chi connectivity index (χ0v) is 18.2. The summed E-state index contributed by atoms with van der Waals surface area (Å²) in [4.78, 5) is 0. The van der Waals surface area contributed by atoms with Crippen molar-refractivity contribution < 1.29 is 46.3 Å². The van der Waals surface area contributed by atoms with Crippen molar-refractivity contribution in [1.29, 1.82) is 0 Å². The Morgan fingerprint density at radius 1 is 0.739 bits per heavy atom. The van der Waals surface area contributed by atoms with Crippen molar-refractivity contribution in [3.63, 3.8) is 0 Å². The minimum Gasteiger partial charge on any atom is -1.00 e. The Balaban J connectivity index is 0.000000960. The van der Waals surface area contributed by atoms with E-state index < -0.39 is 21.4 Å². The maximum Gasteiger partial charge on any atom is -1.00 e. The van der Waals surface area contributed by atoms with Crippen LogP contribution in [0.5, 0.6) is 0 Å². The molecule has 2 atom stereocenters. The Bertz CT molecular complexity index is 674. The molecule has 0 radical (unpaired) electrons. The molecule has 2 aliphatic rings. The third-order valence-corrected chi connectivity index (χ3v) is 17.1. The van der Waals surface area contributed by atoms with Crippen LogP contribution in [0.15, 0.2) is 60.7 Å². The first kappa shape index (κ1) is 18.7. The molecule has 0 aliphatic heterocycles. The molecule has 0 N–H and O–H groups in total. The van der Waals surface area contributed by atoms with Gasteiger partial charge in [0.15, 0.2) is 0 Å². The predicted octanol–water partition coefficient (Wildman–Crippen LogP) is -0.413. The van der Waals surface area contributed by atoms with Gasteiger partial charge in [-0.05, 0) is 0 Å². The Labute approximate surface area is 159 Å².